The standard InChI is InChI=1S/C21H19F3N2O2S/c22-21(23,24)17-6-8-20(25-14-17)26-11-9-18(10-12-26)29(27,28)19-7-5-15-3-1-2-4-16(15)13-19/h1-8,13-14,18H,9-12H2. The summed E-state index contributed by atoms with van der Waals surface area (Å²) in [5.74, 6) is 0.430. The van der Waals surface area contributed by atoms with Crippen LogP contribution in [0.5, 0.6) is 0 Å². The molecule has 29 heavy (non-hydrogen) atoms. The molecule has 1 aliphatic heterocycles. The van der Waals surface area contributed by atoms with Crippen LogP contribution in [0.1, 0.15) is 18.4 Å². The summed E-state index contributed by atoms with van der Waals surface area (Å²) in [5.41, 5.74) is -0.796. The van der Waals surface area contributed by atoms with Gasteiger partial charge in [0.25, 0.3) is 0 Å². The molecule has 1 aromatic heterocycles. The third kappa shape index (κ3) is 3.94. The quantitative estimate of drug-likeness (QED) is 0.617. The molecule has 8 heteroatoms. The number of fused-ring (bicyclic) bond motifs is 1. The first-order chi connectivity index (χ1) is 13.7. The predicted molar refractivity (Wildman–Crippen MR) is 106 cm³/mol. The molecule has 0 radical (unpaired) electrons. The van der Waals surface area contributed by atoms with Crippen molar-refractivity contribution in [1.29, 1.82) is 0 Å². The Hall–Kier alpha value is -2.61. The highest BCUT2D eigenvalue weighted by Gasteiger charge is 2.33. The first kappa shape index (κ1) is 19.7. The third-order valence-electron chi connectivity index (χ3n) is 5.33. The molecule has 4 rings (SSSR count). The molecule has 0 bridgehead atoms. The summed E-state index contributed by atoms with van der Waals surface area (Å²) < 4.78 is 64.2. The fourth-order valence-corrected chi connectivity index (χ4v) is 5.44. The van der Waals surface area contributed by atoms with Gasteiger partial charge in [-0.1, -0.05) is 30.3 Å². The van der Waals surface area contributed by atoms with E-state index in [1.807, 2.05) is 35.2 Å². The first-order valence-corrected chi connectivity index (χ1v) is 10.8. The summed E-state index contributed by atoms with van der Waals surface area (Å²) in [5, 5.41) is 1.34. The number of hydrogen-bond donors (Lipinski definition) is 0. The normalized spacial score (nSPS) is 16.3. The summed E-state index contributed by atoms with van der Waals surface area (Å²) in [7, 11) is -3.48. The van der Waals surface area contributed by atoms with Gasteiger partial charge in [0.1, 0.15) is 5.82 Å². The molecule has 0 aliphatic carbocycles. The summed E-state index contributed by atoms with van der Waals surface area (Å²) in [6.07, 6.45) is -2.81. The van der Waals surface area contributed by atoms with Crippen LogP contribution in [0, 0.1) is 0 Å². The van der Waals surface area contributed by atoms with Crippen molar-refractivity contribution in [2.45, 2.75) is 29.2 Å². The Morgan fingerprint density at radius 3 is 2.24 bits per heavy atom. The van der Waals surface area contributed by atoms with E-state index in [0.29, 0.717) is 36.6 Å². The second-order valence-electron chi connectivity index (χ2n) is 7.14. The smallest absolute Gasteiger partial charge is 0.357 e. The lowest BCUT2D eigenvalue weighted by Gasteiger charge is -2.32. The average molecular weight is 420 g/mol. The Bertz CT molecular complexity index is 1120. The number of aromatic nitrogens is 1. The highest BCUT2D eigenvalue weighted by Crippen LogP contribution is 2.31. The van der Waals surface area contributed by atoms with Crippen LogP contribution in [-0.4, -0.2) is 31.7 Å². The molecule has 0 amide bonds. The van der Waals surface area contributed by atoms with Crippen LogP contribution in [0.3, 0.4) is 0 Å². The number of nitrogens with zero attached hydrogens (tertiary/aromatic N) is 2. The number of hydrogen-bond acceptors (Lipinski definition) is 4. The number of sulfone groups is 1. The summed E-state index contributed by atoms with van der Waals surface area (Å²) in [6, 6.07) is 15.1. The molecule has 0 unspecified atom stereocenters. The number of halogens is 3. The van der Waals surface area contributed by atoms with Crippen molar-refractivity contribution >= 4 is 26.4 Å². The lowest BCUT2D eigenvalue weighted by molar-refractivity contribution is -0.137. The Morgan fingerprint density at radius 1 is 0.931 bits per heavy atom. The second kappa shape index (κ2) is 7.33. The minimum atomic E-state index is -4.42. The van der Waals surface area contributed by atoms with E-state index in [1.54, 1.807) is 12.1 Å². The molecule has 152 valence electrons. The van der Waals surface area contributed by atoms with Crippen LogP contribution in [-0.2, 0) is 16.0 Å². The molecule has 0 atom stereocenters. The van der Waals surface area contributed by atoms with Crippen molar-refractivity contribution < 1.29 is 21.6 Å². The largest absolute Gasteiger partial charge is 0.417 e. The number of rotatable bonds is 3. The van der Waals surface area contributed by atoms with Crippen LogP contribution in [0.15, 0.2) is 65.7 Å². The minimum Gasteiger partial charge on any atom is -0.357 e. The van der Waals surface area contributed by atoms with Gasteiger partial charge in [-0.3, -0.25) is 0 Å². The van der Waals surface area contributed by atoms with Crippen molar-refractivity contribution in [3.63, 3.8) is 0 Å². The number of benzene rings is 2. The molecule has 0 saturated carbocycles. The number of pyridine rings is 1. The zero-order valence-electron chi connectivity index (χ0n) is 15.4. The fraction of sp³-hybridized carbons (Fsp3) is 0.286. The third-order valence-corrected chi connectivity index (χ3v) is 7.59. The maximum Gasteiger partial charge on any atom is 0.417 e. The summed E-state index contributed by atoms with van der Waals surface area (Å²) in [4.78, 5) is 6.04. The van der Waals surface area contributed by atoms with Crippen molar-refractivity contribution in [2.75, 3.05) is 18.0 Å². The minimum absolute atomic E-state index is 0.308. The summed E-state index contributed by atoms with van der Waals surface area (Å²) in [6.45, 7) is 0.853. The zero-order valence-corrected chi connectivity index (χ0v) is 16.2. The summed E-state index contributed by atoms with van der Waals surface area (Å²) >= 11 is 0. The molecule has 2 aromatic carbocycles. The topological polar surface area (TPSA) is 50.3 Å². The van der Waals surface area contributed by atoms with E-state index in [2.05, 4.69) is 4.98 Å². The molecule has 3 aromatic rings. The monoisotopic (exact) mass is 420 g/mol. The van der Waals surface area contributed by atoms with Gasteiger partial charge in [-0.05, 0) is 47.9 Å². The Labute approximate surface area is 166 Å². The highest BCUT2D eigenvalue weighted by atomic mass is 32.2. The van der Waals surface area contributed by atoms with E-state index in [1.165, 1.54) is 6.07 Å². The molecule has 1 saturated heterocycles. The fourth-order valence-electron chi connectivity index (χ4n) is 3.67. The average Bonchev–Trinajstić information content (AvgIpc) is 2.73. The first-order valence-electron chi connectivity index (χ1n) is 9.26. The highest BCUT2D eigenvalue weighted by molar-refractivity contribution is 7.92. The van der Waals surface area contributed by atoms with Gasteiger partial charge >= 0.3 is 6.18 Å². The van der Waals surface area contributed by atoms with E-state index < -0.39 is 26.8 Å². The maximum absolute atomic E-state index is 13.1. The maximum atomic E-state index is 13.1. The van der Waals surface area contributed by atoms with Gasteiger partial charge in [-0.15, -0.1) is 0 Å². The van der Waals surface area contributed by atoms with Crippen molar-refractivity contribution in [2.24, 2.45) is 0 Å². The lowest BCUT2D eigenvalue weighted by Crippen LogP contribution is -2.39. The zero-order chi connectivity index (χ0) is 20.6. The predicted octanol–water partition coefficient (Wildman–Crippen LogP) is 4.70. The van der Waals surface area contributed by atoms with Crippen molar-refractivity contribution in [3.05, 3.63) is 66.4 Å². The Morgan fingerprint density at radius 2 is 1.62 bits per heavy atom. The van der Waals surface area contributed by atoms with Crippen molar-refractivity contribution in [3.8, 4) is 0 Å². The number of anilines is 1. The molecule has 0 spiro atoms. The Kier molecular flexibility index (Phi) is 4.98. The molecule has 1 fully saturated rings. The number of piperidine rings is 1. The Balaban J connectivity index is 1.48. The molecule has 0 N–H and O–H groups in total. The van der Waals surface area contributed by atoms with Crippen LogP contribution in [0.2, 0.25) is 0 Å². The SMILES string of the molecule is O=S(=O)(c1ccc2ccccc2c1)C1CCN(c2ccc(C(F)(F)F)cn2)CC1. The van der Waals surface area contributed by atoms with E-state index in [4.69, 9.17) is 0 Å². The van der Waals surface area contributed by atoms with Gasteiger partial charge in [0.05, 0.1) is 15.7 Å². The van der Waals surface area contributed by atoms with Gasteiger partial charge in [-0.2, -0.15) is 13.2 Å². The number of alkyl halides is 3. The van der Waals surface area contributed by atoms with E-state index >= 15 is 0 Å². The molecule has 4 nitrogen and oxygen atoms in total. The van der Waals surface area contributed by atoms with Crippen molar-refractivity contribution in [1.82, 2.24) is 4.98 Å². The van der Waals surface area contributed by atoms with E-state index in [9.17, 15) is 21.6 Å². The van der Waals surface area contributed by atoms with Gasteiger partial charge in [0, 0.05) is 19.3 Å². The van der Waals surface area contributed by atoms with Gasteiger partial charge in [0.15, 0.2) is 9.84 Å². The van der Waals surface area contributed by atoms with Gasteiger partial charge < -0.3 is 4.90 Å². The van der Waals surface area contributed by atoms with E-state index in [-0.39, 0.29) is 0 Å². The molecular weight excluding hydrogens is 401 g/mol. The lowest BCUT2D eigenvalue weighted by atomic mass is 10.1. The van der Waals surface area contributed by atoms with Crippen LogP contribution >= 0.6 is 0 Å². The molecule has 1 aliphatic rings. The van der Waals surface area contributed by atoms with E-state index in [0.717, 1.165) is 23.0 Å². The molecular formula is C21H19F3N2O2S. The second-order valence-corrected chi connectivity index (χ2v) is 9.37. The van der Waals surface area contributed by atoms with Crippen LogP contribution < -0.4 is 4.90 Å². The van der Waals surface area contributed by atoms with Crippen LogP contribution in [0.25, 0.3) is 10.8 Å². The van der Waals surface area contributed by atoms with Crippen LogP contribution in [0.4, 0.5) is 19.0 Å². The van der Waals surface area contributed by atoms with Gasteiger partial charge in [-0.25, -0.2) is 13.4 Å². The molecule has 2 heterocycles. The van der Waals surface area contributed by atoms with Gasteiger partial charge in [0.2, 0.25) is 0 Å².